The van der Waals surface area contributed by atoms with Gasteiger partial charge in [-0.25, -0.2) is 0 Å². The first-order valence-electron chi connectivity index (χ1n) is 8.05. The minimum Gasteiger partial charge on any atom is -0.491 e. The Bertz CT molecular complexity index is 851. The number of nitrogens with zero attached hydrogens (tertiary/aromatic N) is 3. The summed E-state index contributed by atoms with van der Waals surface area (Å²) in [5, 5.41) is 8.64. The molecule has 1 atom stereocenters. The summed E-state index contributed by atoms with van der Waals surface area (Å²) in [7, 11) is 0. The first-order chi connectivity index (χ1) is 11.7. The van der Waals surface area contributed by atoms with Gasteiger partial charge in [0.05, 0.1) is 6.61 Å². The lowest BCUT2D eigenvalue weighted by atomic mass is 10.1. The molecule has 0 N–H and O–H groups in total. The van der Waals surface area contributed by atoms with Gasteiger partial charge in [0, 0.05) is 11.3 Å². The summed E-state index contributed by atoms with van der Waals surface area (Å²) < 4.78 is 12.9. The Morgan fingerprint density at radius 2 is 1.83 bits per heavy atom. The van der Waals surface area contributed by atoms with E-state index < -0.39 is 0 Å². The first-order valence-corrected chi connectivity index (χ1v) is 8.05. The summed E-state index contributed by atoms with van der Waals surface area (Å²) in [4.78, 5) is 0. The second-order valence-electron chi connectivity index (χ2n) is 5.98. The van der Waals surface area contributed by atoms with E-state index in [1.165, 1.54) is 5.56 Å². The largest absolute Gasteiger partial charge is 0.491 e. The SMILES string of the molecule is Cc1ccccc1-c1nnc(C)n1-c1ccc(OCC2CO2)cc1. The van der Waals surface area contributed by atoms with E-state index in [0.29, 0.717) is 6.61 Å². The predicted octanol–water partition coefficient (Wildman–Crippen LogP) is 3.33. The number of hydrogen-bond donors (Lipinski definition) is 0. The lowest BCUT2D eigenvalue weighted by Gasteiger charge is -2.11. The van der Waals surface area contributed by atoms with Gasteiger partial charge in [-0.2, -0.15) is 0 Å². The Balaban J connectivity index is 1.66. The molecule has 24 heavy (non-hydrogen) atoms. The van der Waals surface area contributed by atoms with E-state index in [9.17, 15) is 0 Å². The van der Waals surface area contributed by atoms with Crippen LogP contribution >= 0.6 is 0 Å². The van der Waals surface area contributed by atoms with E-state index in [1.54, 1.807) is 0 Å². The quantitative estimate of drug-likeness (QED) is 0.676. The lowest BCUT2D eigenvalue weighted by molar-refractivity contribution is 0.263. The molecule has 1 saturated heterocycles. The Morgan fingerprint density at radius 3 is 2.54 bits per heavy atom. The molecule has 2 heterocycles. The molecule has 5 heteroatoms. The molecule has 122 valence electrons. The van der Waals surface area contributed by atoms with E-state index in [2.05, 4.69) is 33.8 Å². The van der Waals surface area contributed by atoms with Crippen LogP contribution in [0.2, 0.25) is 0 Å². The van der Waals surface area contributed by atoms with Crippen molar-refractivity contribution in [3.63, 3.8) is 0 Å². The smallest absolute Gasteiger partial charge is 0.168 e. The van der Waals surface area contributed by atoms with Crippen molar-refractivity contribution in [3.05, 3.63) is 59.9 Å². The van der Waals surface area contributed by atoms with Gasteiger partial charge in [-0.3, -0.25) is 4.57 Å². The van der Waals surface area contributed by atoms with Crippen LogP contribution in [0.15, 0.2) is 48.5 Å². The second kappa shape index (κ2) is 6.09. The highest BCUT2D eigenvalue weighted by atomic mass is 16.6. The molecular weight excluding hydrogens is 302 g/mol. The van der Waals surface area contributed by atoms with Crippen molar-refractivity contribution in [2.24, 2.45) is 0 Å². The fourth-order valence-corrected chi connectivity index (χ4v) is 2.71. The van der Waals surface area contributed by atoms with Crippen molar-refractivity contribution >= 4 is 0 Å². The van der Waals surface area contributed by atoms with E-state index in [0.717, 1.165) is 35.3 Å². The minimum atomic E-state index is 0.262. The maximum Gasteiger partial charge on any atom is 0.168 e. The molecule has 0 radical (unpaired) electrons. The summed E-state index contributed by atoms with van der Waals surface area (Å²) in [6.45, 7) is 5.46. The third kappa shape index (κ3) is 2.90. The number of rotatable bonds is 5. The van der Waals surface area contributed by atoms with E-state index >= 15 is 0 Å². The lowest BCUT2D eigenvalue weighted by Crippen LogP contribution is -2.04. The molecule has 3 aromatic rings. The van der Waals surface area contributed by atoms with Gasteiger partial charge in [0.1, 0.15) is 24.3 Å². The maximum absolute atomic E-state index is 5.70. The van der Waals surface area contributed by atoms with Crippen LogP contribution in [0.5, 0.6) is 5.75 Å². The van der Waals surface area contributed by atoms with E-state index in [4.69, 9.17) is 9.47 Å². The van der Waals surface area contributed by atoms with Gasteiger partial charge in [-0.15, -0.1) is 10.2 Å². The van der Waals surface area contributed by atoms with Crippen LogP contribution < -0.4 is 4.74 Å². The molecule has 1 unspecified atom stereocenters. The van der Waals surface area contributed by atoms with Crippen LogP contribution in [0.4, 0.5) is 0 Å². The van der Waals surface area contributed by atoms with Crippen LogP contribution in [-0.2, 0) is 4.74 Å². The maximum atomic E-state index is 5.70. The molecule has 0 saturated carbocycles. The van der Waals surface area contributed by atoms with E-state index in [-0.39, 0.29) is 6.10 Å². The number of aromatic nitrogens is 3. The predicted molar refractivity (Wildman–Crippen MR) is 91.5 cm³/mol. The fraction of sp³-hybridized carbons (Fsp3) is 0.263. The molecule has 0 amide bonds. The van der Waals surface area contributed by atoms with Crippen LogP contribution in [0, 0.1) is 13.8 Å². The molecule has 2 aromatic carbocycles. The van der Waals surface area contributed by atoms with Crippen LogP contribution in [0.1, 0.15) is 11.4 Å². The monoisotopic (exact) mass is 321 g/mol. The number of epoxide rings is 1. The summed E-state index contributed by atoms with van der Waals surface area (Å²) >= 11 is 0. The van der Waals surface area contributed by atoms with Crippen molar-refractivity contribution in [3.8, 4) is 22.8 Å². The Morgan fingerprint density at radius 1 is 1.08 bits per heavy atom. The van der Waals surface area contributed by atoms with Crippen molar-refractivity contribution in [1.82, 2.24) is 14.8 Å². The third-order valence-corrected chi connectivity index (χ3v) is 4.14. The highest BCUT2D eigenvalue weighted by Gasteiger charge is 2.23. The van der Waals surface area contributed by atoms with Crippen molar-refractivity contribution in [2.75, 3.05) is 13.2 Å². The molecule has 1 fully saturated rings. The highest BCUT2D eigenvalue weighted by Crippen LogP contribution is 2.26. The van der Waals surface area contributed by atoms with Gasteiger partial charge in [-0.1, -0.05) is 24.3 Å². The molecule has 0 aliphatic carbocycles. The normalized spacial score (nSPS) is 16.2. The summed E-state index contributed by atoms with van der Waals surface area (Å²) in [5.41, 5.74) is 3.28. The zero-order chi connectivity index (χ0) is 16.5. The van der Waals surface area contributed by atoms with Crippen LogP contribution in [0.3, 0.4) is 0 Å². The number of aryl methyl sites for hydroxylation is 2. The van der Waals surface area contributed by atoms with Gasteiger partial charge in [-0.05, 0) is 43.7 Å². The minimum absolute atomic E-state index is 0.262. The third-order valence-electron chi connectivity index (χ3n) is 4.14. The molecule has 0 spiro atoms. The summed E-state index contributed by atoms with van der Waals surface area (Å²) in [5.74, 6) is 2.55. The van der Waals surface area contributed by atoms with Gasteiger partial charge >= 0.3 is 0 Å². The molecule has 5 nitrogen and oxygen atoms in total. The Labute approximate surface area is 140 Å². The number of ether oxygens (including phenoxy) is 2. The molecule has 4 rings (SSSR count). The summed E-state index contributed by atoms with van der Waals surface area (Å²) in [6, 6.07) is 16.2. The summed E-state index contributed by atoms with van der Waals surface area (Å²) in [6.07, 6.45) is 0.262. The van der Waals surface area contributed by atoms with Crippen LogP contribution in [-0.4, -0.2) is 34.1 Å². The molecule has 1 aromatic heterocycles. The van der Waals surface area contributed by atoms with Crippen molar-refractivity contribution in [1.29, 1.82) is 0 Å². The molecule has 1 aliphatic rings. The van der Waals surface area contributed by atoms with Gasteiger partial charge in [0.15, 0.2) is 5.82 Å². The second-order valence-corrected chi connectivity index (χ2v) is 5.98. The Hall–Kier alpha value is -2.66. The molecule has 0 bridgehead atoms. The van der Waals surface area contributed by atoms with Crippen molar-refractivity contribution < 1.29 is 9.47 Å². The zero-order valence-corrected chi connectivity index (χ0v) is 13.8. The molecule has 1 aliphatic heterocycles. The number of benzene rings is 2. The van der Waals surface area contributed by atoms with E-state index in [1.807, 2.05) is 43.3 Å². The molecular formula is C19H19N3O2. The van der Waals surface area contributed by atoms with Gasteiger partial charge < -0.3 is 9.47 Å². The Kier molecular flexibility index (Phi) is 3.78. The van der Waals surface area contributed by atoms with Gasteiger partial charge in [0.25, 0.3) is 0 Å². The highest BCUT2D eigenvalue weighted by molar-refractivity contribution is 5.62. The standard InChI is InChI=1S/C19H19N3O2/c1-13-5-3-4-6-18(13)19-21-20-14(2)22(19)15-7-9-16(10-8-15)23-11-17-12-24-17/h3-10,17H,11-12H2,1-2H3. The fourth-order valence-electron chi connectivity index (χ4n) is 2.71. The zero-order valence-electron chi connectivity index (χ0n) is 13.8. The van der Waals surface area contributed by atoms with Gasteiger partial charge in [0.2, 0.25) is 0 Å². The average Bonchev–Trinajstić information content (AvgIpc) is 3.35. The average molecular weight is 321 g/mol. The first kappa shape index (κ1) is 14.9. The van der Waals surface area contributed by atoms with Crippen molar-refractivity contribution in [2.45, 2.75) is 20.0 Å². The topological polar surface area (TPSA) is 52.5 Å². The van der Waals surface area contributed by atoms with Crippen LogP contribution in [0.25, 0.3) is 17.1 Å². The number of hydrogen-bond acceptors (Lipinski definition) is 4.